The van der Waals surface area contributed by atoms with Crippen LogP contribution in [0.25, 0.3) is 11.0 Å². The van der Waals surface area contributed by atoms with Gasteiger partial charge in [0.1, 0.15) is 17.4 Å². The zero-order chi connectivity index (χ0) is 20.9. The minimum atomic E-state index is -0.100. The number of para-hydroxylation sites is 2. The standard InChI is InChI=1S/C21H22N6O2S/c1-27-19(12-11-18-23-16-5-3-4-6-17(16)24-18)25-26-21(27)30-13-20(28)22-14-7-9-15(29-2)10-8-14/h3-10H,11-13H2,1-2H3,(H,22,28)(H,23,24). The smallest absolute Gasteiger partial charge is 0.234 e. The number of ether oxygens (including phenoxy) is 1. The lowest BCUT2D eigenvalue weighted by molar-refractivity contribution is -0.113. The molecule has 0 bridgehead atoms. The van der Waals surface area contributed by atoms with E-state index in [2.05, 4.69) is 25.5 Å². The quantitative estimate of drug-likeness (QED) is 0.423. The number of amides is 1. The van der Waals surface area contributed by atoms with E-state index in [1.807, 2.05) is 35.9 Å². The SMILES string of the molecule is COc1ccc(NC(=O)CSc2nnc(CCc3nc4ccccc4[nH]3)n2C)cc1. The molecule has 0 saturated carbocycles. The Morgan fingerprint density at radius 1 is 1.13 bits per heavy atom. The van der Waals surface area contributed by atoms with Gasteiger partial charge in [-0.05, 0) is 36.4 Å². The molecule has 4 rings (SSSR count). The van der Waals surface area contributed by atoms with Crippen LogP contribution >= 0.6 is 11.8 Å². The highest BCUT2D eigenvalue weighted by atomic mass is 32.2. The first-order chi connectivity index (χ1) is 14.6. The molecule has 2 N–H and O–H groups in total. The van der Waals surface area contributed by atoms with E-state index in [-0.39, 0.29) is 11.7 Å². The summed E-state index contributed by atoms with van der Waals surface area (Å²) in [6, 6.07) is 15.2. The average molecular weight is 423 g/mol. The molecular formula is C21H22N6O2S. The van der Waals surface area contributed by atoms with Crippen molar-refractivity contribution in [2.45, 2.75) is 18.0 Å². The molecule has 2 aromatic carbocycles. The number of nitrogens with zero attached hydrogens (tertiary/aromatic N) is 4. The van der Waals surface area contributed by atoms with E-state index < -0.39 is 0 Å². The van der Waals surface area contributed by atoms with Gasteiger partial charge in [0.15, 0.2) is 5.16 Å². The Kier molecular flexibility index (Phi) is 5.99. The summed E-state index contributed by atoms with van der Waals surface area (Å²) in [6.07, 6.45) is 1.45. The van der Waals surface area contributed by atoms with Crippen LogP contribution in [0, 0.1) is 0 Å². The van der Waals surface area contributed by atoms with Crippen LogP contribution in [0.5, 0.6) is 5.75 Å². The first kappa shape index (κ1) is 20.0. The third-order valence-electron chi connectivity index (χ3n) is 4.66. The number of hydrogen-bond acceptors (Lipinski definition) is 6. The number of thioether (sulfide) groups is 1. The van der Waals surface area contributed by atoms with Gasteiger partial charge in [0, 0.05) is 25.6 Å². The van der Waals surface area contributed by atoms with E-state index in [1.54, 1.807) is 31.4 Å². The number of aromatic nitrogens is 5. The predicted molar refractivity (Wildman–Crippen MR) is 117 cm³/mol. The number of benzene rings is 2. The van der Waals surface area contributed by atoms with Gasteiger partial charge in [-0.2, -0.15) is 0 Å². The maximum Gasteiger partial charge on any atom is 0.234 e. The molecule has 4 aromatic rings. The fourth-order valence-electron chi connectivity index (χ4n) is 3.04. The molecule has 0 unspecified atom stereocenters. The van der Waals surface area contributed by atoms with Gasteiger partial charge in [0.05, 0.1) is 23.9 Å². The highest BCUT2D eigenvalue weighted by Gasteiger charge is 2.13. The molecule has 8 nitrogen and oxygen atoms in total. The monoisotopic (exact) mass is 422 g/mol. The Hall–Kier alpha value is -3.33. The number of anilines is 1. The molecule has 0 aliphatic carbocycles. The number of H-pyrrole nitrogens is 1. The summed E-state index contributed by atoms with van der Waals surface area (Å²) in [7, 11) is 3.52. The van der Waals surface area contributed by atoms with Gasteiger partial charge in [-0.3, -0.25) is 4.79 Å². The summed E-state index contributed by atoms with van der Waals surface area (Å²) in [6.45, 7) is 0. The van der Waals surface area contributed by atoms with Crippen LogP contribution in [0.1, 0.15) is 11.6 Å². The Morgan fingerprint density at radius 3 is 2.70 bits per heavy atom. The topological polar surface area (TPSA) is 97.7 Å². The number of fused-ring (bicyclic) bond motifs is 1. The Morgan fingerprint density at radius 2 is 1.93 bits per heavy atom. The third-order valence-corrected chi connectivity index (χ3v) is 5.68. The van der Waals surface area contributed by atoms with Crippen LogP contribution in [0.2, 0.25) is 0 Å². The van der Waals surface area contributed by atoms with E-state index in [4.69, 9.17) is 4.74 Å². The van der Waals surface area contributed by atoms with Crippen LogP contribution in [-0.2, 0) is 24.7 Å². The summed E-state index contributed by atoms with van der Waals surface area (Å²) >= 11 is 1.36. The molecule has 2 aromatic heterocycles. The number of nitrogens with one attached hydrogen (secondary N) is 2. The van der Waals surface area contributed by atoms with E-state index in [1.165, 1.54) is 11.8 Å². The molecule has 0 fully saturated rings. The molecule has 2 heterocycles. The lowest BCUT2D eigenvalue weighted by Crippen LogP contribution is -2.14. The van der Waals surface area contributed by atoms with Gasteiger partial charge >= 0.3 is 0 Å². The number of methoxy groups -OCH3 is 1. The van der Waals surface area contributed by atoms with E-state index >= 15 is 0 Å². The zero-order valence-electron chi connectivity index (χ0n) is 16.8. The molecule has 0 aliphatic heterocycles. The third kappa shape index (κ3) is 4.62. The number of hydrogen-bond donors (Lipinski definition) is 2. The van der Waals surface area contributed by atoms with Gasteiger partial charge < -0.3 is 19.6 Å². The first-order valence-corrected chi connectivity index (χ1v) is 10.5. The van der Waals surface area contributed by atoms with Gasteiger partial charge in [-0.1, -0.05) is 23.9 Å². The van der Waals surface area contributed by atoms with Gasteiger partial charge in [0.25, 0.3) is 0 Å². The van der Waals surface area contributed by atoms with Crippen LogP contribution in [-0.4, -0.2) is 43.5 Å². The highest BCUT2D eigenvalue weighted by Crippen LogP contribution is 2.19. The Bertz CT molecular complexity index is 1120. The van der Waals surface area contributed by atoms with Crippen molar-refractivity contribution >= 4 is 34.4 Å². The second-order valence-electron chi connectivity index (χ2n) is 6.72. The Balaban J connectivity index is 1.30. The molecule has 9 heteroatoms. The number of aryl methyl sites for hydroxylation is 2. The van der Waals surface area contributed by atoms with Crippen molar-refractivity contribution in [3.8, 4) is 5.75 Å². The van der Waals surface area contributed by atoms with Gasteiger partial charge in [0.2, 0.25) is 5.91 Å². The Labute approximate surface area is 178 Å². The molecule has 30 heavy (non-hydrogen) atoms. The van der Waals surface area contributed by atoms with E-state index in [0.29, 0.717) is 11.6 Å². The minimum absolute atomic E-state index is 0.100. The highest BCUT2D eigenvalue weighted by molar-refractivity contribution is 7.99. The molecular weight excluding hydrogens is 400 g/mol. The van der Waals surface area contributed by atoms with Crippen LogP contribution in [0.4, 0.5) is 5.69 Å². The lowest BCUT2D eigenvalue weighted by atomic mass is 10.3. The second-order valence-corrected chi connectivity index (χ2v) is 7.67. The number of rotatable bonds is 8. The summed E-state index contributed by atoms with van der Waals surface area (Å²) < 4.78 is 7.04. The van der Waals surface area contributed by atoms with Gasteiger partial charge in [-0.15, -0.1) is 10.2 Å². The van der Waals surface area contributed by atoms with Crippen LogP contribution < -0.4 is 10.1 Å². The number of imidazole rings is 1. The summed E-state index contributed by atoms with van der Waals surface area (Å²) in [5, 5.41) is 12.1. The summed E-state index contributed by atoms with van der Waals surface area (Å²) in [4.78, 5) is 20.1. The van der Waals surface area contributed by atoms with E-state index in [0.717, 1.165) is 40.5 Å². The summed E-state index contributed by atoms with van der Waals surface area (Å²) in [5.74, 6) is 2.68. The average Bonchev–Trinajstić information content (AvgIpc) is 3.34. The second kappa shape index (κ2) is 9.00. The molecule has 0 atom stereocenters. The fraction of sp³-hybridized carbons (Fsp3) is 0.238. The summed E-state index contributed by atoms with van der Waals surface area (Å²) in [5.41, 5.74) is 2.72. The molecule has 0 aliphatic rings. The minimum Gasteiger partial charge on any atom is -0.497 e. The largest absolute Gasteiger partial charge is 0.497 e. The molecule has 154 valence electrons. The van der Waals surface area contributed by atoms with Crippen LogP contribution in [0.3, 0.4) is 0 Å². The van der Waals surface area contributed by atoms with Crippen molar-refractivity contribution in [3.63, 3.8) is 0 Å². The molecule has 1 amide bonds. The normalized spacial score (nSPS) is 11.0. The van der Waals surface area contributed by atoms with Crippen molar-refractivity contribution in [3.05, 3.63) is 60.2 Å². The first-order valence-electron chi connectivity index (χ1n) is 9.51. The zero-order valence-corrected chi connectivity index (χ0v) is 17.6. The molecule has 0 spiro atoms. The van der Waals surface area contributed by atoms with Gasteiger partial charge in [-0.25, -0.2) is 4.98 Å². The van der Waals surface area contributed by atoms with Crippen molar-refractivity contribution in [2.24, 2.45) is 7.05 Å². The van der Waals surface area contributed by atoms with Crippen molar-refractivity contribution in [2.75, 3.05) is 18.2 Å². The number of carbonyl (C=O) groups excluding carboxylic acids is 1. The molecule has 0 radical (unpaired) electrons. The fourth-order valence-corrected chi connectivity index (χ4v) is 3.77. The predicted octanol–water partition coefficient (Wildman–Crippen LogP) is 3.22. The van der Waals surface area contributed by atoms with Crippen LogP contribution in [0.15, 0.2) is 53.7 Å². The van der Waals surface area contributed by atoms with Crippen molar-refractivity contribution in [1.29, 1.82) is 0 Å². The lowest BCUT2D eigenvalue weighted by Gasteiger charge is -2.06. The number of carbonyl (C=O) groups is 1. The van der Waals surface area contributed by atoms with Crippen molar-refractivity contribution < 1.29 is 9.53 Å². The van der Waals surface area contributed by atoms with Crippen molar-refractivity contribution in [1.82, 2.24) is 24.7 Å². The van der Waals surface area contributed by atoms with E-state index in [9.17, 15) is 4.79 Å². The maximum absolute atomic E-state index is 12.2. The number of aromatic amines is 1. The molecule has 0 saturated heterocycles. The maximum atomic E-state index is 12.2.